The van der Waals surface area contributed by atoms with Gasteiger partial charge in [0.2, 0.25) is 5.91 Å². The topological polar surface area (TPSA) is 70.7 Å². The Morgan fingerprint density at radius 2 is 2.10 bits per heavy atom. The molecule has 1 aromatic carbocycles. The molecule has 0 atom stereocenters. The number of carbonyl (C=O) groups excluding carboxylic acids is 1. The molecule has 1 saturated carbocycles. The van der Waals surface area contributed by atoms with E-state index in [9.17, 15) is 4.79 Å². The molecule has 21 heavy (non-hydrogen) atoms. The lowest BCUT2D eigenvalue weighted by molar-refractivity contribution is -0.129. The highest BCUT2D eigenvalue weighted by Gasteiger charge is 2.45. The number of hydrogen-bond acceptors (Lipinski definition) is 3. The number of H-pyrrole nitrogens is 1. The minimum Gasteiger partial charge on any atom is -0.355 e. The van der Waals surface area contributed by atoms with Crippen LogP contribution in [0, 0.1) is 0 Å². The van der Waals surface area contributed by atoms with Gasteiger partial charge >= 0.3 is 0 Å². The van der Waals surface area contributed by atoms with Crippen LogP contribution in [0.3, 0.4) is 0 Å². The first-order valence-electron chi connectivity index (χ1n) is 7.09. The summed E-state index contributed by atoms with van der Waals surface area (Å²) in [5, 5.41) is 10.3. The quantitative estimate of drug-likeness (QED) is 0.890. The first-order chi connectivity index (χ1) is 10.2. The molecule has 1 aliphatic rings. The Hall–Kier alpha value is -1.88. The van der Waals surface area contributed by atoms with Crippen LogP contribution >= 0.6 is 11.6 Å². The Kier molecular flexibility index (Phi) is 3.92. The van der Waals surface area contributed by atoms with Crippen LogP contribution in [0.5, 0.6) is 0 Å². The Morgan fingerprint density at radius 1 is 1.33 bits per heavy atom. The number of benzene rings is 1. The number of aromatic nitrogens is 3. The standard InChI is InChI=1S/C15H17ClN4O/c16-12-4-2-11(3-5-12)15(7-1-8-15)14(21)17-9-6-13-18-10-19-20-13/h2-5,10H,1,6-9H2,(H,17,21)(H,18,19,20). The van der Waals surface area contributed by atoms with Gasteiger partial charge in [0.25, 0.3) is 0 Å². The van der Waals surface area contributed by atoms with Crippen LogP contribution < -0.4 is 5.32 Å². The molecule has 110 valence electrons. The molecule has 2 N–H and O–H groups in total. The van der Waals surface area contributed by atoms with E-state index in [-0.39, 0.29) is 11.3 Å². The number of carbonyl (C=O) groups is 1. The molecule has 0 bridgehead atoms. The van der Waals surface area contributed by atoms with E-state index in [1.807, 2.05) is 24.3 Å². The van der Waals surface area contributed by atoms with Gasteiger partial charge in [0.15, 0.2) is 0 Å². The third-order valence-corrected chi connectivity index (χ3v) is 4.40. The van der Waals surface area contributed by atoms with E-state index >= 15 is 0 Å². The molecule has 1 fully saturated rings. The van der Waals surface area contributed by atoms with Crippen molar-refractivity contribution in [3.63, 3.8) is 0 Å². The fourth-order valence-corrected chi connectivity index (χ4v) is 2.89. The first kappa shape index (κ1) is 14.1. The zero-order valence-corrected chi connectivity index (χ0v) is 12.4. The average molecular weight is 305 g/mol. The van der Waals surface area contributed by atoms with E-state index in [1.165, 1.54) is 6.33 Å². The second-order valence-corrected chi connectivity index (χ2v) is 5.82. The lowest BCUT2D eigenvalue weighted by Gasteiger charge is -2.40. The lowest BCUT2D eigenvalue weighted by atomic mass is 9.64. The smallest absolute Gasteiger partial charge is 0.230 e. The van der Waals surface area contributed by atoms with Crippen molar-refractivity contribution in [2.75, 3.05) is 6.54 Å². The van der Waals surface area contributed by atoms with E-state index in [4.69, 9.17) is 11.6 Å². The van der Waals surface area contributed by atoms with E-state index in [2.05, 4.69) is 20.5 Å². The maximum atomic E-state index is 12.6. The molecule has 0 aliphatic heterocycles. The van der Waals surface area contributed by atoms with E-state index in [0.29, 0.717) is 18.0 Å². The van der Waals surface area contributed by atoms with Crippen molar-refractivity contribution in [3.8, 4) is 0 Å². The van der Waals surface area contributed by atoms with Crippen molar-refractivity contribution in [1.82, 2.24) is 20.5 Å². The molecule has 1 heterocycles. The van der Waals surface area contributed by atoms with Crippen molar-refractivity contribution in [2.45, 2.75) is 31.1 Å². The molecular formula is C15H17ClN4O. The van der Waals surface area contributed by atoms with E-state index in [0.717, 1.165) is 30.7 Å². The van der Waals surface area contributed by atoms with E-state index < -0.39 is 0 Å². The van der Waals surface area contributed by atoms with Crippen LogP contribution in [0.1, 0.15) is 30.7 Å². The zero-order chi connectivity index (χ0) is 14.7. The maximum absolute atomic E-state index is 12.6. The van der Waals surface area contributed by atoms with Crippen molar-refractivity contribution in [1.29, 1.82) is 0 Å². The van der Waals surface area contributed by atoms with Crippen molar-refractivity contribution in [2.24, 2.45) is 0 Å². The number of amides is 1. The maximum Gasteiger partial charge on any atom is 0.230 e. The summed E-state index contributed by atoms with van der Waals surface area (Å²) >= 11 is 5.93. The van der Waals surface area contributed by atoms with Gasteiger partial charge in [-0.05, 0) is 30.5 Å². The fourth-order valence-electron chi connectivity index (χ4n) is 2.76. The summed E-state index contributed by atoms with van der Waals surface area (Å²) in [5.41, 5.74) is 0.668. The summed E-state index contributed by atoms with van der Waals surface area (Å²) in [6, 6.07) is 7.60. The molecule has 5 nitrogen and oxygen atoms in total. The van der Waals surface area contributed by atoms with Gasteiger partial charge in [-0.15, -0.1) is 0 Å². The molecule has 0 radical (unpaired) electrons. The summed E-state index contributed by atoms with van der Waals surface area (Å²) in [6.45, 7) is 0.559. The van der Waals surface area contributed by atoms with Crippen molar-refractivity contribution in [3.05, 3.63) is 47.0 Å². The Labute approximate surface area is 128 Å². The molecule has 1 aliphatic carbocycles. The molecule has 1 aromatic heterocycles. The Balaban J connectivity index is 1.65. The van der Waals surface area contributed by atoms with Gasteiger partial charge in [0.1, 0.15) is 12.2 Å². The SMILES string of the molecule is O=C(NCCc1ncn[nH]1)C1(c2ccc(Cl)cc2)CCC1. The number of nitrogens with one attached hydrogen (secondary N) is 2. The highest BCUT2D eigenvalue weighted by atomic mass is 35.5. The van der Waals surface area contributed by atoms with Gasteiger partial charge < -0.3 is 5.32 Å². The summed E-state index contributed by atoms with van der Waals surface area (Å²) in [7, 11) is 0. The normalized spacial score (nSPS) is 16.2. The second kappa shape index (κ2) is 5.85. The third-order valence-electron chi connectivity index (χ3n) is 4.15. The summed E-state index contributed by atoms with van der Waals surface area (Å²) < 4.78 is 0. The molecule has 0 spiro atoms. The highest BCUT2D eigenvalue weighted by molar-refractivity contribution is 6.30. The van der Waals surface area contributed by atoms with E-state index in [1.54, 1.807) is 0 Å². The molecule has 1 amide bonds. The number of nitrogens with zero attached hydrogens (tertiary/aromatic N) is 2. The van der Waals surface area contributed by atoms with Gasteiger partial charge in [-0.2, -0.15) is 5.10 Å². The molecule has 2 aromatic rings. The van der Waals surface area contributed by atoms with Gasteiger partial charge in [-0.3, -0.25) is 9.89 Å². The summed E-state index contributed by atoms with van der Waals surface area (Å²) in [4.78, 5) is 16.6. The Morgan fingerprint density at radius 3 is 2.67 bits per heavy atom. The van der Waals surface area contributed by atoms with Crippen LogP contribution in [0.4, 0.5) is 0 Å². The van der Waals surface area contributed by atoms with Crippen molar-refractivity contribution < 1.29 is 4.79 Å². The number of rotatable bonds is 5. The van der Waals surface area contributed by atoms with Gasteiger partial charge in [0.05, 0.1) is 5.41 Å². The molecule has 0 unspecified atom stereocenters. The molecule has 6 heteroatoms. The number of halogens is 1. The minimum absolute atomic E-state index is 0.0931. The van der Waals surface area contributed by atoms with Gasteiger partial charge in [-0.25, -0.2) is 4.98 Å². The molecular weight excluding hydrogens is 288 g/mol. The van der Waals surface area contributed by atoms with Crippen LogP contribution in [-0.4, -0.2) is 27.6 Å². The van der Waals surface area contributed by atoms with Gasteiger partial charge in [0, 0.05) is 18.0 Å². The predicted molar refractivity (Wildman–Crippen MR) is 80.1 cm³/mol. The number of hydrogen-bond donors (Lipinski definition) is 2. The van der Waals surface area contributed by atoms with Crippen LogP contribution in [-0.2, 0) is 16.6 Å². The van der Waals surface area contributed by atoms with Crippen LogP contribution in [0.2, 0.25) is 5.02 Å². The fraction of sp³-hybridized carbons (Fsp3) is 0.400. The minimum atomic E-state index is -0.383. The van der Waals surface area contributed by atoms with Gasteiger partial charge in [-0.1, -0.05) is 30.2 Å². The van der Waals surface area contributed by atoms with Crippen molar-refractivity contribution >= 4 is 17.5 Å². The monoisotopic (exact) mass is 304 g/mol. The highest BCUT2D eigenvalue weighted by Crippen LogP contribution is 2.44. The third kappa shape index (κ3) is 2.78. The Bertz CT molecular complexity index is 605. The molecule has 0 saturated heterocycles. The second-order valence-electron chi connectivity index (χ2n) is 5.38. The average Bonchev–Trinajstić information content (AvgIpc) is 2.93. The first-order valence-corrected chi connectivity index (χ1v) is 7.47. The van der Waals surface area contributed by atoms with Crippen LogP contribution in [0.25, 0.3) is 0 Å². The largest absolute Gasteiger partial charge is 0.355 e. The summed E-state index contributed by atoms with van der Waals surface area (Å²) in [6.07, 6.45) is 4.99. The number of aromatic amines is 1. The predicted octanol–water partition coefficient (Wildman–Crippen LogP) is 2.24. The zero-order valence-electron chi connectivity index (χ0n) is 11.6. The van der Waals surface area contributed by atoms with Crippen LogP contribution in [0.15, 0.2) is 30.6 Å². The lowest BCUT2D eigenvalue weighted by Crippen LogP contribution is -2.49. The molecule has 3 rings (SSSR count). The summed E-state index contributed by atoms with van der Waals surface area (Å²) in [5.74, 6) is 0.875.